The van der Waals surface area contributed by atoms with Crippen molar-refractivity contribution in [2.75, 3.05) is 24.3 Å². The van der Waals surface area contributed by atoms with Crippen molar-refractivity contribution in [2.24, 2.45) is 0 Å². The molecule has 0 aromatic heterocycles. The first-order chi connectivity index (χ1) is 9.86. The van der Waals surface area contributed by atoms with Gasteiger partial charge in [-0.3, -0.25) is 0 Å². The van der Waals surface area contributed by atoms with E-state index in [-0.39, 0.29) is 6.04 Å². The highest BCUT2D eigenvalue weighted by Gasteiger charge is 2.10. The summed E-state index contributed by atoms with van der Waals surface area (Å²) in [7, 11) is 3.97. The van der Waals surface area contributed by atoms with Crippen molar-refractivity contribution in [2.45, 2.75) is 19.9 Å². The van der Waals surface area contributed by atoms with Gasteiger partial charge in [0.1, 0.15) is 11.6 Å². The molecule has 0 saturated carbocycles. The van der Waals surface area contributed by atoms with Crippen LogP contribution in [0, 0.1) is 18.6 Å². The van der Waals surface area contributed by atoms with Crippen molar-refractivity contribution in [3.63, 3.8) is 0 Å². The summed E-state index contributed by atoms with van der Waals surface area (Å²) < 4.78 is 26.5. The molecule has 1 N–H and O–H groups in total. The number of anilines is 2. The largest absolute Gasteiger partial charge is 0.378 e. The molecule has 4 heteroatoms. The Morgan fingerprint density at radius 1 is 1.00 bits per heavy atom. The van der Waals surface area contributed by atoms with E-state index in [2.05, 4.69) is 11.4 Å². The fraction of sp³-hybridized carbons (Fsp3) is 0.294. The average Bonchev–Trinajstić information content (AvgIpc) is 2.39. The highest BCUT2D eigenvalue weighted by molar-refractivity contribution is 5.60. The Balaban J connectivity index is 2.21. The van der Waals surface area contributed by atoms with Crippen LogP contribution in [0.15, 0.2) is 36.4 Å². The Morgan fingerprint density at radius 2 is 1.62 bits per heavy atom. The zero-order valence-electron chi connectivity index (χ0n) is 12.7. The zero-order valence-corrected chi connectivity index (χ0v) is 12.7. The molecule has 0 aliphatic heterocycles. The summed E-state index contributed by atoms with van der Waals surface area (Å²) in [6.45, 7) is 3.89. The van der Waals surface area contributed by atoms with Crippen LogP contribution in [0.2, 0.25) is 0 Å². The van der Waals surface area contributed by atoms with Crippen LogP contribution in [0.3, 0.4) is 0 Å². The molecular weight excluding hydrogens is 270 g/mol. The van der Waals surface area contributed by atoms with E-state index in [0.29, 0.717) is 5.56 Å². The second kappa shape index (κ2) is 6.12. The monoisotopic (exact) mass is 290 g/mol. The van der Waals surface area contributed by atoms with Crippen LogP contribution in [0.25, 0.3) is 0 Å². The van der Waals surface area contributed by atoms with Gasteiger partial charge in [0.05, 0.1) is 0 Å². The third kappa shape index (κ3) is 3.72. The molecule has 1 atom stereocenters. The van der Waals surface area contributed by atoms with Gasteiger partial charge in [-0.05, 0) is 55.3 Å². The molecule has 0 aliphatic carbocycles. The van der Waals surface area contributed by atoms with E-state index >= 15 is 0 Å². The molecule has 0 heterocycles. The van der Waals surface area contributed by atoms with Crippen molar-refractivity contribution in [3.8, 4) is 0 Å². The smallest absolute Gasteiger partial charge is 0.126 e. The second-order valence-electron chi connectivity index (χ2n) is 5.46. The van der Waals surface area contributed by atoms with Gasteiger partial charge in [-0.1, -0.05) is 0 Å². The summed E-state index contributed by atoms with van der Waals surface area (Å²) in [5, 5.41) is 3.30. The maximum absolute atomic E-state index is 13.3. The van der Waals surface area contributed by atoms with Crippen molar-refractivity contribution in [1.82, 2.24) is 0 Å². The Bertz CT molecular complexity index is 618. The molecule has 0 amide bonds. The van der Waals surface area contributed by atoms with Crippen LogP contribution >= 0.6 is 0 Å². The lowest BCUT2D eigenvalue weighted by atomic mass is 10.1. The predicted molar refractivity (Wildman–Crippen MR) is 83.9 cm³/mol. The lowest BCUT2D eigenvalue weighted by Crippen LogP contribution is -2.11. The van der Waals surface area contributed by atoms with Crippen LogP contribution < -0.4 is 10.2 Å². The zero-order chi connectivity index (χ0) is 15.6. The molecule has 0 saturated heterocycles. The number of hydrogen-bond donors (Lipinski definition) is 1. The molecule has 112 valence electrons. The second-order valence-corrected chi connectivity index (χ2v) is 5.46. The maximum Gasteiger partial charge on any atom is 0.126 e. The first-order valence-corrected chi connectivity index (χ1v) is 6.87. The minimum Gasteiger partial charge on any atom is -0.378 e. The number of halogens is 2. The summed E-state index contributed by atoms with van der Waals surface area (Å²) >= 11 is 0. The molecule has 2 rings (SSSR count). The molecule has 0 fully saturated rings. The summed E-state index contributed by atoms with van der Waals surface area (Å²) in [5.74, 6) is -1.11. The molecular formula is C17H20F2N2. The Labute approximate surface area is 124 Å². The van der Waals surface area contributed by atoms with E-state index in [1.54, 1.807) is 0 Å². The van der Waals surface area contributed by atoms with Gasteiger partial charge in [-0.2, -0.15) is 0 Å². The van der Waals surface area contributed by atoms with Gasteiger partial charge in [0.15, 0.2) is 0 Å². The van der Waals surface area contributed by atoms with Gasteiger partial charge in [-0.25, -0.2) is 8.78 Å². The number of aryl methyl sites for hydroxylation is 1. The van der Waals surface area contributed by atoms with Gasteiger partial charge in [0, 0.05) is 37.6 Å². The van der Waals surface area contributed by atoms with Gasteiger partial charge in [0.25, 0.3) is 0 Å². The van der Waals surface area contributed by atoms with E-state index in [4.69, 9.17) is 0 Å². The van der Waals surface area contributed by atoms with Gasteiger partial charge in [-0.15, -0.1) is 0 Å². The average molecular weight is 290 g/mol. The fourth-order valence-electron chi connectivity index (χ4n) is 2.23. The molecule has 1 unspecified atom stereocenters. The normalized spacial score (nSPS) is 12.1. The molecule has 2 aromatic rings. The maximum atomic E-state index is 13.3. The number of nitrogens with one attached hydrogen (secondary N) is 1. The van der Waals surface area contributed by atoms with Crippen LogP contribution in [0.4, 0.5) is 20.2 Å². The lowest BCUT2D eigenvalue weighted by molar-refractivity contribution is 0.577. The first-order valence-electron chi connectivity index (χ1n) is 6.87. The summed E-state index contributed by atoms with van der Waals surface area (Å²) in [5.41, 5.74) is 3.74. The van der Waals surface area contributed by atoms with Gasteiger partial charge in [0.2, 0.25) is 0 Å². The topological polar surface area (TPSA) is 15.3 Å². The SMILES string of the molecule is Cc1cc(N(C)C)ccc1NC(C)c1cc(F)cc(F)c1. The van der Waals surface area contributed by atoms with Crippen molar-refractivity contribution < 1.29 is 8.78 Å². The predicted octanol–water partition coefficient (Wildman–Crippen LogP) is 4.51. The molecule has 21 heavy (non-hydrogen) atoms. The molecule has 2 aromatic carbocycles. The van der Waals surface area contributed by atoms with Gasteiger partial charge >= 0.3 is 0 Å². The van der Waals surface area contributed by atoms with E-state index in [1.165, 1.54) is 12.1 Å². The Morgan fingerprint density at radius 3 is 2.14 bits per heavy atom. The van der Waals surface area contributed by atoms with Crippen molar-refractivity contribution >= 4 is 11.4 Å². The van der Waals surface area contributed by atoms with Crippen LogP contribution in [0.1, 0.15) is 24.1 Å². The highest BCUT2D eigenvalue weighted by Crippen LogP contribution is 2.26. The Hall–Kier alpha value is -2.10. The lowest BCUT2D eigenvalue weighted by Gasteiger charge is -2.20. The van der Waals surface area contributed by atoms with Crippen molar-refractivity contribution in [1.29, 1.82) is 0 Å². The van der Waals surface area contributed by atoms with E-state index in [9.17, 15) is 8.78 Å². The molecule has 0 radical (unpaired) electrons. The minimum absolute atomic E-state index is 0.181. The standard InChI is InChI=1S/C17H20F2N2/c1-11-7-16(21(3)4)5-6-17(11)20-12(2)13-8-14(18)10-15(19)9-13/h5-10,12,20H,1-4H3. The van der Waals surface area contributed by atoms with E-state index < -0.39 is 11.6 Å². The van der Waals surface area contributed by atoms with Crippen LogP contribution in [0.5, 0.6) is 0 Å². The number of rotatable bonds is 4. The van der Waals surface area contributed by atoms with E-state index in [0.717, 1.165) is 23.0 Å². The molecule has 0 bridgehead atoms. The van der Waals surface area contributed by atoms with Crippen LogP contribution in [-0.2, 0) is 0 Å². The molecule has 2 nitrogen and oxygen atoms in total. The van der Waals surface area contributed by atoms with Gasteiger partial charge < -0.3 is 10.2 Å². The third-order valence-corrected chi connectivity index (χ3v) is 3.48. The fourth-order valence-corrected chi connectivity index (χ4v) is 2.23. The van der Waals surface area contributed by atoms with E-state index in [1.807, 2.05) is 45.0 Å². The van der Waals surface area contributed by atoms with Crippen molar-refractivity contribution in [3.05, 3.63) is 59.2 Å². The molecule has 0 aliphatic rings. The quantitative estimate of drug-likeness (QED) is 0.891. The first kappa shape index (κ1) is 15.3. The highest BCUT2D eigenvalue weighted by atomic mass is 19.1. The van der Waals surface area contributed by atoms with Crippen LogP contribution in [-0.4, -0.2) is 14.1 Å². The molecule has 0 spiro atoms. The number of hydrogen-bond acceptors (Lipinski definition) is 2. The number of benzene rings is 2. The summed E-state index contributed by atoms with van der Waals surface area (Å²) in [6.07, 6.45) is 0. The summed E-state index contributed by atoms with van der Waals surface area (Å²) in [6, 6.07) is 9.47. The number of nitrogens with zero attached hydrogens (tertiary/aromatic N) is 1. The third-order valence-electron chi connectivity index (χ3n) is 3.48. The minimum atomic E-state index is -0.557. The summed E-state index contributed by atoms with van der Waals surface area (Å²) in [4.78, 5) is 2.03. The Kier molecular flexibility index (Phi) is 4.46.